The van der Waals surface area contributed by atoms with Gasteiger partial charge in [-0.2, -0.15) is 0 Å². The minimum absolute atomic E-state index is 0.519. The van der Waals surface area contributed by atoms with Crippen molar-refractivity contribution in [2.45, 2.75) is 13.2 Å². The molecule has 0 radical (unpaired) electrons. The first-order chi connectivity index (χ1) is 10.2. The van der Waals surface area contributed by atoms with Gasteiger partial charge < -0.3 is 15.0 Å². The molecule has 3 rings (SSSR count). The van der Waals surface area contributed by atoms with Gasteiger partial charge in [0.1, 0.15) is 12.4 Å². The van der Waals surface area contributed by atoms with Gasteiger partial charge in [0, 0.05) is 29.5 Å². The number of benzene rings is 2. The molecular formula is C17H17ClN2O. The predicted molar refractivity (Wildman–Crippen MR) is 86.6 cm³/mol. The number of nitrogens with two attached hydrogens (primary N) is 1. The molecule has 4 heteroatoms. The average molecular weight is 301 g/mol. The van der Waals surface area contributed by atoms with Crippen LogP contribution in [0.5, 0.6) is 5.75 Å². The number of nitrogens with zero attached hydrogens (tertiary/aromatic N) is 1. The van der Waals surface area contributed by atoms with Gasteiger partial charge in [-0.15, -0.1) is 0 Å². The van der Waals surface area contributed by atoms with E-state index in [0.29, 0.717) is 18.2 Å². The third kappa shape index (κ3) is 2.89. The number of hydrogen-bond donors (Lipinski definition) is 1. The second kappa shape index (κ2) is 5.80. The molecule has 3 aromatic rings. The van der Waals surface area contributed by atoms with Gasteiger partial charge in [-0.1, -0.05) is 17.7 Å². The molecule has 0 aliphatic rings. The van der Waals surface area contributed by atoms with Gasteiger partial charge in [0.2, 0.25) is 0 Å². The van der Waals surface area contributed by atoms with Crippen LogP contribution in [-0.2, 0) is 20.2 Å². The van der Waals surface area contributed by atoms with Crippen molar-refractivity contribution in [3.63, 3.8) is 0 Å². The maximum Gasteiger partial charge on any atom is 0.128 e. The molecule has 0 saturated carbocycles. The zero-order valence-corrected chi connectivity index (χ0v) is 12.6. The Morgan fingerprint density at radius 3 is 2.57 bits per heavy atom. The fourth-order valence-electron chi connectivity index (χ4n) is 2.41. The molecule has 0 bridgehead atoms. The summed E-state index contributed by atoms with van der Waals surface area (Å²) in [5.41, 5.74) is 9.13. The van der Waals surface area contributed by atoms with Crippen LogP contribution in [-0.4, -0.2) is 4.57 Å². The summed E-state index contributed by atoms with van der Waals surface area (Å²) in [6, 6.07) is 15.8. The van der Waals surface area contributed by atoms with E-state index in [2.05, 4.69) is 28.8 Å². The van der Waals surface area contributed by atoms with Crippen molar-refractivity contribution in [1.29, 1.82) is 0 Å². The van der Waals surface area contributed by atoms with E-state index in [9.17, 15) is 0 Å². The number of ether oxygens (including phenoxy) is 1. The van der Waals surface area contributed by atoms with Gasteiger partial charge in [0.25, 0.3) is 0 Å². The first kappa shape index (κ1) is 14.0. The Morgan fingerprint density at radius 1 is 1.10 bits per heavy atom. The fraction of sp³-hybridized carbons (Fsp3) is 0.176. The van der Waals surface area contributed by atoms with Crippen molar-refractivity contribution >= 4 is 22.5 Å². The van der Waals surface area contributed by atoms with E-state index in [0.717, 1.165) is 17.0 Å². The number of aryl methyl sites for hydroxylation is 1. The highest BCUT2D eigenvalue weighted by Crippen LogP contribution is 2.22. The van der Waals surface area contributed by atoms with Crippen LogP contribution in [0.25, 0.3) is 10.9 Å². The highest BCUT2D eigenvalue weighted by Gasteiger charge is 2.07. The molecular weight excluding hydrogens is 284 g/mol. The number of rotatable bonds is 4. The van der Waals surface area contributed by atoms with Gasteiger partial charge in [0.15, 0.2) is 0 Å². The van der Waals surface area contributed by atoms with E-state index in [1.807, 2.05) is 31.3 Å². The molecule has 3 nitrogen and oxygen atoms in total. The van der Waals surface area contributed by atoms with Crippen molar-refractivity contribution in [1.82, 2.24) is 4.57 Å². The minimum atomic E-state index is 0.519. The zero-order valence-electron chi connectivity index (χ0n) is 11.8. The van der Waals surface area contributed by atoms with Gasteiger partial charge in [-0.05, 0) is 48.0 Å². The van der Waals surface area contributed by atoms with Gasteiger partial charge in [-0.25, -0.2) is 0 Å². The molecule has 0 aliphatic heterocycles. The number of fused-ring (bicyclic) bond motifs is 1. The zero-order chi connectivity index (χ0) is 14.8. The minimum Gasteiger partial charge on any atom is -0.487 e. The van der Waals surface area contributed by atoms with Crippen molar-refractivity contribution in [2.75, 3.05) is 0 Å². The lowest BCUT2D eigenvalue weighted by Gasteiger charge is -2.07. The maximum absolute atomic E-state index is 5.87. The molecule has 0 spiro atoms. The van der Waals surface area contributed by atoms with E-state index in [1.54, 1.807) is 0 Å². The van der Waals surface area contributed by atoms with E-state index in [4.69, 9.17) is 22.1 Å². The van der Waals surface area contributed by atoms with Crippen LogP contribution in [0.2, 0.25) is 5.02 Å². The Bertz CT molecular complexity index is 762. The first-order valence-electron chi connectivity index (χ1n) is 6.83. The largest absolute Gasteiger partial charge is 0.487 e. The molecule has 0 saturated heterocycles. The summed E-state index contributed by atoms with van der Waals surface area (Å²) in [6.45, 7) is 1.08. The SMILES string of the molecule is Cn1c(COc2ccc(Cl)cc2)cc2cc(CN)ccc21. The summed E-state index contributed by atoms with van der Waals surface area (Å²) in [5.74, 6) is 0.812. The summed E-state index contributed by atoms with van der Waals surface area (Å²) >= 11 is 5.87. The van der Waals surface area contributed by atoms with Crippen LogP contribution in [0.1, 0.15) is 11.3 Å². The van der Waals surface area contributed by atoms with E-state index >= 15 is 0 Å². The third-order valence-electron chi connectivity index (χ3n) is 3.64. The third-order valence-corrected chi connectivity index (χ3v) is 3.89. The smallest absolute Gasteiger partial charge is 0.128 e. The Kier molecular flexibility index (Phi) is 3.86. The van der Waals surface area contributed by atoms with E-state index < -0.39 is 0 Å². The maximum atomic E-state index is 5.87. The molecule has 1 aromatic heterocycles. The lowest BCUT2D eigenvalue weighted by molar-refractivity contribution is 0.298. The number of aromatic nitrogens is 1. The van der Waals surface area contributed by atoms with E-state index in [-0.39, 0.29) is 0 Å². The standard InChI is InChI=1S/C17H17ClN2O/c1-20-15(11-21-16-5-3-14(18)4-6-16)9-13-8-12(10-19)2-7-17(13)20/h2-9H,10-11,19H2,1H3. The van der Waals surface area contributed by atoms with Crippen LogP contribution < -0.4 is 10.5 Å². The van der Waals surface area contributed by atoms with E-state index in [1.165, 1.54) is 10.9 Å². The van der Waals surface area contributed by atoms with Gasteiger partial charge >= 0.3 is 0 Å². The molecule has 108 valence electrons. The molecule has 1 heterocycles. The molecule has 0 atom stereocenters. The Balaban J connectivity index is 1.83. The molecule has 0 amide bonds. The molecule has 2 N–H and O–H groups in total. The molecule has 0 aliphatic carbocycles. The highest BCUT2D eigenvalue weighted by atomic mass is 35.5. The van der Waals surface area contributed by atoms with Gasteiger partial charge in [-0.3, -0.25) is 0 Å². The monoisotopic (exact) mass is 300 g/mol. The van der Waals surface area contributed by atoms with Crippen LogP contribution >= 0.6 is 11.6 Å². The van der Waals surface area contributed by atoms with Crippen molar-refractivity contribution in [3.05, 3.63) is 64.8 Å². The number of halogens is 1. The lowest BCUT2D eigenvalue weighted by Crippen LogP contribution is -2.01. The van der Waals surface area contributed by atoms with Gasteiger partial charge in [0.05, 0.1) is 5.69 Å². The Labute approximate surface area is 128 Å². The second-order valence-corrected chi connectivity index (χ2v) is 5.47. The first-order valence-corrected chi connectivity index (χ1v) is 7.21. The topological polar surface area (TPSA) is 40.2 Å². The molecule has 0 unspecified atom stereocenters. The van der Waals surface area contributed by atoms with Crippen LogP contribution in [0.15, 0.2) is 48.5 Å². The highest BCUT2D eigenvalue weighted by molar-refractivity contribution is 6.30. The quantitative estimate of drug-likeness (QED) is 0.794. The predicted octanol–water partition coefficient (Wildman–Crippen LogP) is 3.87. The lowest BCUT2D eigenvalue weighted by atomic mass is 10.1. The van der Waals surface area contributed by atoms with Crippen LogP contribution in [0.4, 0.5) is 0 Å². The summed E-state index contributed by atoms with van der Waals surface area (Å²) in [7, 11) is 2.05. The summed E-state index contributed by atoms with van der Waals surface area (Å²) in [4.78, 5) is 0. The summed E-state index contributed by atoms with van der Waals surface area (Å²) in [5, 5.41) is 1.90. The van der Waals surface area contributed by atoms with Crippen molar-refractivity contribution in [2.24, 2.45) is 12.8 Å². The molecule has 0 fully saturated rings. The Hall–Kier alpha value is -1.97. The molecule has 21 heavy (non-hydrogen) atoms. The van der Waals surface area contributed by atoms with Crippen LogP contribution in [0, 0.1) is 0 Å². The second-order valence-electron chi connectivity index (χ2n) is 5.03. The normalized spacial score (nSPS) is 11.0. The fourth-order valence-corrected chi connectivity index (χ4v) is 2.54. The van der Waals surface area contributed by atoms with Crippen molar-refractivity contribution in [3.8, 4) is 5.75 Å². The average Bonchev–Trinajstić information content (AvgIpc) is 2.82. The van der Waals surface area contributed by atoms with Crippen molar-refractivity contribution < 1.29 is 4.74 Å². The summed E-state index contributed by atoms with van der Waals surface area (Å²) in [6.07, 6.45) is 0. The summed E-state index contributed by atoms with van der Waals surface area (Å²) < 4.78 is 7.95. The van der Waals surface area contributed by atoms with Crippen LogP contribution in [0.3, 0.4) is 0 Å². The Morgan fingerprint density at radius 2 is 1.86 bits per heavy atom. The molecule has 2 aromatic carbocycles. The number of hydrogen-bond acceptors (Lipinski definition) is 2.